The number of hydrogen-bond acceptors (Lipinski definition) is 1. The molecule has 5 heteroatoms. The number of benzene rings is 2. The number of aryl methyl sites for hydroxylation is 1. The molecule has 0 fully saturated rings. The number of anilines is 1. The van der Waals surface area contributed by atoms with E-state index >= 15 is 0 Å². The summed E-state index contributed by atoms with van der Waals surface area (Å²) in [6, 6.07) is 8.76. The number of carbonyl (C=O) groups is 1. The summed E-state index contributed by atoms with van der Waals surface area (Å²) in [6.45, 7) is 1.67. The maximum Gasteiger partial charge on any atom is 0.255 e. The average Bonchev–Trinajstić information content (AvgIpc) is 2.32. The van der Waals surface area contributed by atoms with Gasteiger partial charge >= 0.3 is 0 Å². The van der Waals surface area contributed by atoms with Gasteiger partial charge in [-0.1, -0.05) is 23.2 Å². The average molecular weight is 298 g/mol. The number of carbonyl (C=O) groups excluding carboxylic acids is 1. The highest BCUT2D eigenvalue weighted by atomic mass is 35.5. The van der Waals surface area contributed by atoms with Crippen LogP contribution in [0.4, 0.5) is 10.1 Å². The number of halogens is 3. The monoisotopic (exact) mass is 297 g/mol. The number of hydrogen-bond donors (Lipinski definition) is 1. The zero-order valence-corrected chi connectivity index (χ0v) is 11.5. The minimum absolute atomic E-state index is 0.346. The Morgan fingerprint density at radius 1 is 1.16 bits per heavy atom. The van der Waals surface area contributed by atoms with Gasteiger partial charge in [0, 0.05) is 10.6 Å². The lowest BCUT2D eigenvalue weighted by molar-refractivity contribution is 0.102. The van der Waals surface area contributed by atoms with Crippen molar-refractivity contribution < 1.29 is 9.18 Å². The molecular weight excluding hydrogens is 288 g/mol. The van der Waals surface area contributed by atoms with Crippen molar-refractivity contribution in [3.05, 3.63) is 63.4 Å². The summed E-state index contributed by atoms with van der Waals surface area (Å²) in [5, 5.41) is 3.50. The molecule has 1 N–H and O–H groups in total. The van der Waals surface area contributed by atoms with Gasteiger partial charge in [0.15, 0.2) is 0 Å². The van der Waals surface area contributed by atoms with Gasteiger partial charge < -0.3 is 5.32 Å². The molecule has 0 heterocycles. The van der Waals surface area contributed by atoms with Gasteiger partial charge in [-0.2, -0.15) is 0 Å². The largest absolute Gasteiger partial charge is 0.321 e. The number of nitrogens with one attached hydrogen (secondary N) is 1. The van der Waals surface area contributed by atoms with Crippen molar-refractivity contribution in [3.8, 4) is 0 Å². The predicted octanol–water partition coefficient (Wildman–Crippen LogP) is 4.69. The Bertz CT molecular complexity index is 643. The standard InChI is InChI=1S/C14H10Cl2FNO/c1-8-6-10(17)3-4-11(8)14(19)18-13-5-2-9(15)7-12(13)16/h2-7H,1H3,(H,18,19). The Kier molecular flexibility index (Phi) is 4.08. The van der Waals surface area contributed by atoms with Gasteiger partial charge in [0.1, 0.15) is 5.82 Å². The Hall–Kier alpha value is -1.58. The predicted molar refractivity (Wildman–Crippen MR) is 75.6 cm³/mol. The van der Waals surface area contributed by atoms with Crippen LogP contribution in [0.15, 0.2) is 36.4 Å². The lowest BCUT2D eigenvalue weighted by Gasteiger charge is -2.09. The fraction of sp³-hybridized carbons (Fsp3) is 0.0714. The van der Waals surface area contributed by atoms with Gasteiger partial charge in [-0.05, 0) is 48.9 Å². The third-order valence-corrected chi connectivity index (χ3v) is 3.16. The fourth-order valence-corrected chi connectivity index (χ4v) is 2.12. The summed E-state index contributed by atoms with van der Waals surface area (Å²) in [4.78, 5) is 12.1. The molecular formula is C14H10Cl2FNO. The first-order valence-corrected chi connectivity index (χ1v) is 6.25. The lowest BCUT2D eigenvalue weighted by Crippen LogP contribution is -2.13. The van der Waals surface area contributed by atoms with E-state index in [0.717, 1.165) is 0 Å². The molecule has 2 rings (SSSR count). The van der Waals surface area contributed by atoms with E-state index in [2.05, 4.69) is 5.32 Å². The van der Waals surface area contributed by atoms with E-state index in [1.54, 1.807) is 19.1 Å². The van der Waals surface area contributed by atoms with E-state index in [1.807, 2.05) is 0 Å². The van der Waals surface area contributed by atoms with Gasteiger partial charge in [-0.3, -0.25) is 4.79 Å². The third kappa shape index (κ3) is 3.25. The van der Waals surface area contributed by atoms with Crippen LogP contribution in [0.2, 0.25) is 10.0 Å². The molecule has 0 radical (unpaired) electrons. The quantitative estimate of drug-likeness (QED) is 0.856. The first-order valence-electron chi connectivity index (χ1n) is 5.50. The summed E-state index contributed by atoms with van der Waals surface area (Å²) in [5.41, 5.74) is 1.41. The van der Waals surface area contributed by atoms with E-state index in [4.69, 9.17) is 23.2 Å². The van der Waals surface area contributed by atoms with E-state index in [0.29, 0.717) is 26.9 Å². The first-order chi connectivity index (χ1) is 8.97. The van der Waals surface area contributed by atoms with Crippen LogP contribution in [-0.4, -0.2) is 5.91 Å². The van der Waals surface area contributed by atoms with Crippen LogP contribution in [-0.2, 0) is 0 Å². The van der Waals surface area contributed by atoms with Gasteiger partial charge in [-0.15, -0.1) is 0 Å². The number of amides is 1. The van der Waals surface area contributed by atoms with E-state index in [1.165, 1.54) is 24.3 Å². The van der Waals surface area contributed by atoms with E-state index < -0.39 is 0 Å². The summed E-state index contributed by atoms with van der Waals surface area (Å²) >= 11 is 11.7. The highest BCUT2D eigenvalue weighted by Crippen LogP contribution is 2.26. The van der Waals surface area contributed by atoms with Crippen molar-refractivity contribution >= 4 is 34.8 Å². The molecule has 0 aliphatic carbocycles. The maximum absolute atomic E-state index is 13.0. The Balaban J connectivity index is 2.25. The Labute approximate surface area is 120 Å². The molecule has 0 unspecified atom stereocenters. The van der Waals surface area contributed by atoms with Crippen molar-refractivity contribution in [2.75, 3.05) is 5.32 Å². The summed E-state index contributed by atoms with van der Waals surface area (Å²) in [7, 11) is 0. The zero-order valence-electron chi connectivity index (χ0n) is 10.0. The molecule has 2 aromatic carbocycles. The second-order valence-electron chi connectivity index (χ2n) is 4.04. The molecule has 0 saturated heterocycles. The molecule has 0 spiro atoms. The van der Waals surface area contributed by atoms with Crippen LogP contribution in [0, 0.1) is 12.7 Å². The lowest BCUT2D eigenvalue weighted by atomic mass is 10.1. The molecule has 0 aliphatic rings. The van der Waals surface area contributed by atoms with Crippen molar-refractivity contribution in [1.82, 2.24) is 0 Å². The second-order valence-corrected chi connectivity index (χ2v) is 4.88. The summed E-state index contributed by atoms with van der Waals surface area (Å²) in [5.74, 6) is -0.722. The molecule has 0 bridgehead atoms. The molecule has 0 aromatic heterocycles. The molecule has 2 nitrogen and oxygen atoms in total. The van der Waals surface area contributed by atoms with Crippen LogP contribution < -0.4 is 5.32 Å². The maximum atomic E-state index is 13.0. The van der Waals surface area contributed by atoms with Crippen LogP contribution in [0.3, 0.4) is 0 Å². The molecule has 19 heavy (non-hydrogen) atoms. The van der Waals surface area contributed by atoms with Crippen LogP contribution in [0.1, 0.15) is 15.9 Å². The third-order valence-electron chi connectivity index (χ3n) is 2.61. The topological polar surface area (TPSA) is 29.1 Å². The van der Waals surface area contributed by atoms with Gasteiger partial charge in [-0.25, -0.2) is 4.39 Å². The molecule has 2 aromatic rings. The van der Waals surface area contributed by atoms with E-state index in [9.17, 15) is 9.18 Å². The smallest absolute Gasteiger partial charge is 0.255 e. The van der Waals surface area contributed by atoms with Gasteiger partial charge in [0.2, 0.25) is 0 Å². The molecule has 0 saturated carbocycles. The highest BCUT2D eigenvalue weighted by molar-refractivity contribution is 6.36. The normalized spacial score (nSPS) is 10.3. The second kappa shape index (κ2) is 5.59. The van der Waals surface area contributed by atoms with E-state index in [-0.39, 0.29) is 11.7 Å². The summed E-state index contributed by atoms with van der Waals surface area (Å²) < 4.78 is 13.0. The van der Waals surface area contributed by atoms with Crippen LogP contribution in [0.5, 0.6) is 0 Å². The minimum atomic E-state index is -0.376. The van der Waals surface area contributed by atoms with Crippen LogP contribution in [0.25, 0.3) is 0 Å². The number of rotatable bonds is 2. The van der Waals surface area contributed by atoms with Crippen molar-refractivity contribution in [3.63, 3.8) is 0 Å². The zero-order chi connectivity index (χ0) is 14.0. The van der Waals surface area contributed by atoms with Gasteiger partial charge in [0.05, 0.1) is 10.7 Å². The fourth-order valence-electron chi connectivity index (χ4n) is 1.66. The SMILES string of the molecule is Cc1cc(F)ccc1C(=O)Nc1ccc(Cl)cc1Cl. The van der Waals surface area contributed by atoms with Crippen molar-refractivity contribution in [2.45, 2.75) is 6.92 Å². The van der Waals surface area contributed by atoms with Crippen molar-refractivity contribution in [2.24, 2.45) is 0 Å². The molecule has 98 valence electrons. The highest BCUT2D eigenvalue weighted by Gasteiger charge is 2.11. The molecule has 1 amide bonds. The minimum Gasteiger partial charge on any atom is -0.321 e. The Morgan fingerprint density at radius 3 is 2.53 bits per heavy atom. The Morgan fingerprint density at radius 2 is 1.89 bits per heavy atom. The van der Waals surface area contributed by atoms with Gasteiger partial charge in [0.25, 0.3) is 5.91 Å². The molecule has 0 aliphatic heterocycles. The first kappa shape index (κ1) is 13.8. The molecule has 0 atom stereocenters. The van der Waals surface area contributed by atoms with Crippen LogP contribution >= 0.6 is 23.2 Å². The van der Waals surface area contributed by atoms with Crippen molar-refractivity contribution in [1.29, 1.82) is 0 Å². The summed E-state index contributed by atoms with van der Waals surface area (Å²) in [6.07, 6.45) is 0.